The zero-order chi connectivity index (χ0) is 17.4. The number of halogens is 2. The van der Waals surface area contributed by atoms with Crippen LogP contribution in [0.4, 0.5) is 5.69 Å². The molecule has 1 saturated heterocycles. The van der Waals surface area contributed by atoms with Gasteiger partial charge < -0.3 is 0 Å². The number of hydrogen-bond acceptors (Lipinski definition) is 3. The van der Waals surface area contributed by atoms with Crippen LogP contribution in [0.3, 0.4) is 0 Å². The smallest absolute Gasteiger partial charge is 0.268 e. The van der Waals surface area contributed by atoms with Crippen LogP contribution in [0, 0.1) is 13.8 Å². The third-order valence-electron chi connectivity index (χ3n) is 3.82. The molecule has 0 spiro atoms. The molecule has 2 aromatic rings. The van der Waals surface area contributed by atoms with Crippen molar-refractivity contribution in [3.05, 3.63) is 68.0 Å². The van der Waals surface area contributed by atoms with Gasteiger partial charge in [0.05, 0.1) is 10.6 Å². The first-order valence-corrected chi connectivity index (χ1v) is 9.16. The van der Waals surface area contributed by atoms with Crippen molar-refractivity contribution in [1.29, 1.82) is 0 Å². The van der Waals surface area contributed by atoms with Crippen LogP contribution >= 0.6 is 47.2 Å². The Kier molecular flexibility index (Phi) is 5.02. The van der Waals surface area contributed by atoms with Crippen molar-refractivity contribution < 1.29 is 4.79 Å². The highest BCUT2D eigenvalue weighted by atomic mass is 35.5. The van der Waals surface area contributed by atoms with Gasteiger partial charge >= 0.3 is 0 Å². The van der Waals surface area contributed by atoms with Crippen LogP contribution in [-0.2, 0) is 4.79 Å². The summed E-state index contributed by atoms with van der Waals surface area (Å²) in [6, 6.07) is 11.1. The second kappa shape index (κ2) is 6.89. The first kappa shape index (κ1) is 17.5. The van der Waals surface area contributed by atoms with Crippen molar-refractivity contribution in [3.8, 4) is 0 Å². The summed E-state index contributed by atoms with van der Waals surface area (Å²) in [6.07, 6.45) is 1.70. The third kappa shape index (κ3) is 3.24. The van der Waals surface area contributed by atoms with Gasteiger partial charge in [0.25, 0.3) is 5.91 Å². The number of anilines is 1. The minimum atomic E-state index is -0.163. The number of nitrogens with zero attached hydrogens (tertiary/aromatic N) is 1. The van der Waals surface area contributed by atoms with E-state index in [1.807, 2.05) is 32.0 Å². The van der Waals surface area contributed by atoms with E-state index >= 15 is 0 Å². The van der Waals surface area contributed by atoms with Gasteiger partial charge in [-0.05, 0) is 55.3 Å². The zero-order valence-corrected chi connectivity index (χ0v) is 16.1. The Bertz CT molecular complexity index is 872. The lowest BCUT2D eigenvalue weighted by Crippen LogP contribution is -2.27. The Hall–Kier alpha value is -1.33. The van der Waals surface area contributed by atoms with E-state index in [-0.39, 0.29) is 5.91 Å². The molecule has 0 atom stereocenters. The molecule has 1 aliphatic rings. The molecule has 2 aromatic carbocycles. The number of benzene rings is 2. The van der Waals surface area contributed by atoms with Crippen LogP contribution in [0.25, 0.3) is 6.08 Å². The van der Waals surface area contributed by atoms with E-state index in [0.717, 1.165) is 11.3 Å². The van der Waals surface area contributed by atoms with Crippen LogP contribution in [0.2, 0.25) is 10.0 Å². The van der Waals surface area contributed by atoms with Crippen molar-refractivity contribution >= 4 is 69.2 Å². The largest absolute Gasteiger partial charge is 0.270 e. The number of rotatable bonds is 2. The van der Waals surface area contributed by atoms with Crippen molar-refractivity contribution in [1.82, 2.24) is 0 Å². The van der Waals surface area contributed by atoms with Crippen molar-refractivity contribution in [2.24, 2.45) is 0 Å². The first-order valence-electron chi connectivity index (χ1n) is 7.17. The van der Waals surface area contributed by atoms with E-state index in [0.29, 0.717) is 24.8 Å². The SMILES string of the molecule is Cc1ccc(N2C(=O)/C(=C/c3c(Cl)cccc3Cl)SC2=S)cc1C. The van der Waals surface area contributed by atoms with Gasteiger partial charge in [-0.1, -0.05) is 59.3 Å². The normalized spacial score (nSPS) is 16.3. The minimum absolute atomic E-state index is 0.163. The molecule has 0 aromatic heterocycles. The lowest BCUT2D eigenvalue weighted by molar-refractivity contribution is -0.113. The van der Waals surface area contributed by atoms with E-state index in [9.17, 15) is 4.79 Å². The predicted octanol–water partition coefficient (Wildman–Crippen LogP) is 6.02. The van der Waals surface area contributed by atoms with E-state index < -0.39 is 0 Å². The number of hydrogen-bond donors (Lipinski definition) is 0. The molecule has 0 bridgehead atoms. The van der Waals surface area contributed by atoms with Gasteiger partial charge in [0, 0.05) is 15.6 Å². The summed E-state index contributed by atoms with van der Waals surface area (Å²) in [4.78, 5) is 14.9. The van der Waals surface area contributed by atoms with E-state index in [2.05, 4.69) is 0 Å². The van der Waals surface area contributed by atoms with Crippen LogP contribution in [0.1, 0.15) is 16.7 Å². The number of thioether (sulfide) groups is 1. The van der Waals surface area contributed by atoms with Crippen molar-refractivity contribution in [2.75, 3.05) is 4.90 Å². The molecule has 122 valence electrons. The minimum Gasteiger partial charge on any atom is -0.268 e. The Balaban J connectivity index is 2.00. The lowest BCUT2D eigenvalue weighted by Gasteiger charge is -2.16. The van der Waals surface area contributed by atoms with Crippen molar-refractivity contribution in [2.45, 2.75) is 13.8 Å². The monoisotopic (exact) mass is 393 g/mol. The number of aryl methyl sites for hydroxylation is 2. The Morgan fingerprint density at radius 2 is 1.75 bits per heavy atom. The van der Waals surface area contributed by atoms with Crippen LogP contribution in [0.5, 0.6) is 0 Å². The van der Waals surface area contributed by atoms with Crippen LogP contribution in [0.15, 0.2) is 41.3 Å². The molecule has 24 heavy (non-hydrogen) atoms. The molecule has 2 nitrogen and oxygen atoms in total. The molecule has 1 aliphatic heterocycles. The maximum Gasteiger partial charge on any atom is 0.270 e. The molecular weight excluding hydrogens is 381 g/mol. The summed E-state index contributed by atoms with van der Waals surface area (Å²) < 4.78 is 0.498. The molecule has 0 aliphatic carbocycles. The van der Waals surface area contributed by atoms with Gasteiger partial charge in [0.2, 0.25) is 0 Å². The highest BCUT2D eigenvalue weighted by molar-refractivity contribution is 8.27. The van der Waals surface area contributed by atoms with Gasteiger partial charge in [-0.3, -0.25) is 9.69 Å². The zero-order valence-electron chi connectivity index (χ0n) is 13.0. The summed E-state index contributed by atoms with van der Waals surface area (Å²) >= 11 is 19.0. The fraction of sp³-hybridized carbons (Fsp3) is 0.111. The summed E-state index contributed by atoms with van der Waals surface area (Å²) in [5.41, 5.74) is 3.68. The van der Waals surface area contributed by atoms with E-state index in [4.69, 9.17) is 35.4 Å². The second-order valence-electron chi connectivity index (χ2n) is 5.42. The second-order valence-corrected chi connectivity index (χ2v) is 7.91. The summed E-state index contributed by atoms with van der Waals surface area (Å²) in [5.74, 6) is -0.163. The number of carbonyl (C=O) groups is 1. The molecule has 1 amide bonds. The molecule has 0 unspecified atom stereocenters. The van der Waals surface area contributed by atoms with Crippen LogP contribution in [-0.4, -0.2) is 10.2 Å². The summed E-state index contributed by atoms with van der Waals surface area (Å²) in [5, 5.41) is 0.998. The standard InChI is InChI=1S/C18H13Cl2NOS2/c1-10-6-7-12(8-11(10)2)21-17(22)16(24-18(21)23)9-13-14(19)4-3-5-15(13)20/h3-9H,1-2H3/b16-9-. The average Bonchev–Trinajstić information content (AvgIpc) is 2.80. The number of thiocarbonyl (C=S) groups is 1. The maximum atomic E-state index is 12.8. The molecule has 0 N–H and O–H groups in total. The predicted molar refractivity (Wildman–Crippen MR) is 108 cm³/mol. The Morgan fingerprint density at radius 3 is 2.38 bits per heavy atom. The molecular formula is C18H13Cl2NOS2. The lowest BCUT2D eigenvalue weighted by atomic mass is 10.1. The van der Waals surface area contributed by atoms with E-state index in [1.165, 1.54) is 17.3 Å². The molecule has 0 radical (unpaired) electrons. The van der Waals surface area contributed by atoms with Gasteiger partial charge in [-0.15, -0.1) is 0 Å². The fourth-order valence-electron chi connectivity index (χ4n) is 2.33. The first-order chi connectivity index (χ1) is 11.4. The summed E-state index contributed by atoms with van der Waals surface area (Å²) in [6.45, 7) is 4.04. The Morgan fingerprint density at radius 1 is 1.08 bits per heavy atom. The molecule has 6 heteroatoms. The third-order valence-corrected chi connectivity index (χ3v) is 5.78. The van der Waals surface area contributed by atoms with Gasteiger partial charge in [0.1, 0.15) is 0 Å². The fourth-order valence-corrected chi connectivity index (χ4v) is 4.12. The maximum absolute atomic E-state index is 12.8. The van der Waals surface area contributed by atoms with Gasteiger partial charge in [-0.2, -0.15) is 0 Å². The van der Waals surface area contributed by atoms with Crippen molar-refractivity contribution in [3.63, 3.8) is 0 Å². The van der Waals surface area contributed by atoms with Gasteiger partial charge in [0.15, 0.2) is 4.32 Å². The van der Waals surface area contributed by atoms with Gasteiger partial charge in [-0.25, -0.2) is 0 Å². The molecule has 1 heterocycles. The van der Waals surface area contributed by atoms with E-state index in [1.54, 1.807) is 29.2 Å². The highest BCUT2D eigenvalue weighted by Gasteiger charge is 2.33. The Labute approximate surface area is 160 Å². The topological polar surface area (TPSA) is 20.3 Å². The highest BCUT2D eigenvalue weighted by Crippen LogP contribution is 2.38. The average molecular weight is 394 g/mol. The summed E-state index contributed by atoms with van der Waals surface area (Å²) in [7, 11) is 0. The quantitative estimate of drug-likeness (QED) is 0.459. The number of amides is 1. The van der Waals surface area contributed by atoms with Crippen LogP contribution < -0.4 is 4.90 Å². The number of carbonyl (C=O) groups excluding carboxylic acids is 1. The molecule has 3 rings (SSSR count). The molecule has 1 fully saturated rings. The molecule has 0 saturated carbocycles.